The summed E-state index contributed by atoms with van der Waals surface area (Å²) in [6, 6.07) is 9.39. The van der Waals surface area contributed by atoms with Gasteiger partial charge in [-0.2, -0.15) is 0 Å². The first kappa shape index (κ1) is 12.1. The van der Waals surface area contributed by atoms with Crippen LogP contribution in [0, 0.1) is 5.92 Å². The zero-order chi connectivity index (χ0) is 12.1. The Morgan fingerprint density at radius 1 is 1.35 bits per heavy atom. The Bertz CT molecular complexity index is 360. The maximum absolute atomic E-state index is 11.5. The van der Waals surface area contributed by atoms with E-state index in [2.05, 4.69) is 0 Å². The molecule has 3 heteroatoms. The molecule has 1 fully saturated rings. The molecule has 1 saturated carbocycles. The third-order valence-electron chi connectivity index (χ3n) is 3.10. The summed E-state index contributed by atoms with van der Waals surface area (Å²) in [5.74, 6) is 0.604. The van der Waals surface area contributed by atoms with Crippen molar-refractivity contribution in [1.82, 2.24) is 0 Å². The average Bonchev–Trinajstić information content (AvgIpc) is 3.14. The molecule has 3 nitrogen and oxygen atoms in total. The highest BCUT2D eigenvalue weighted by atomic mass is 16.5. The molecular formula is C14H19NO2. The third kappa shape index (κ3) is 4.19. The molecule has 1 unspecified atom stereocenters. The second-order valence-corrected chi connectivity index (χ2v) is 4.67. The van der Waals surface area contributed by atoms with Crippen LogP contribution in [0.15, 0.2) is 30.3 Å². The summed E-state index contributed by atoms with van der Waals surface area (Å²) in [6.45, 7) is 0.547. The van der Waals surface area contributed by atoms with Crippen molar-refractivity contribution >= 4 is 5.97 Å². The standard InChI is InChI=1S/C14H19NO2/c15-13(12-4-2-1-3-5-12)10-14(16)17-9-8-11-6-7-11/h1-5,11,13H,6-10,15H2. The Labute approximate surface area is 102 Å². The van der Waals surface area contributed by atoms with Gasteiger partial charge in [0.2, 0.25) is 0 Å². The Morgan fingerprint density at radius 3 is 2.71 bits per heavy atom. The number of benzene rings is 1. The molecule has 0 aliphatic heterocycles. The van der Waals surface area contributed by atoms with Gasteiger partial charge in [0.1, 0.15) is 0 Å². The van der Waals surface area contributed by atoms with Crippen LogP contribution in [0.5, 0.6) is 0 Å². The lowest BCUT2D eigenvalue weighted by molar-refractivity contribution is -0.144. The number of ether oxygens (including phenoxy) is 1. The van der Waals surface area contributed by atoms with Crippen LogP contribution in [0.4, 0.5) is 0 Å². The minimum atomic E-state index is -0.260. The van der Waals surface area contributed by atoms with Crippen molar-refractivity contribution in [3.8, 4) is 0 Å². The quantitative estimate of drug-likeness (QED) is 0.768. The van der Waals surface area contributed by atoms with Gasteiger partial charge in [-0.25, -0.2) is 0 Å². The van der Waals surface area contributed by atoms with Crippen LogP contribution in [0.2, 0.25) is 0 Å². The second-order valence-electron chi connectivity index (χ2n) is 4.67. The summed E-state index contributed by atoms with van der Waals surface area (Å²) in [5.41, 5.74) is 6.92. The first-order chi connectivity index (χ1) is 8.25. The first-order valence-electron chi connectivity index (χ1n) is 6.22. The summed E-state index contributed by atoms with van der Waals surface area (Å²) in [4.78, 5) is 11.5. The van der Waals surface area contributed by atoms with Crippen LogP contribution >= 0.6 is 0 Å². The molecule has 2 N–H and O–H groups in total. The van der Waals surface area contributed by atoms with Crippen LogP contribution in [0.1, 0.15) is 37.3 Å². The van der Waals surface area contributed by atoms with E-state index in [4.69, 9.17) is 10.5 Å². The van der Waals surface area contributed by atoms with Gasteiger partial charge in [-0.15, -0.1) is 0 Å². The van der Waals surface area contributed by atoms with E-state index in [1.54, 1.807) is 0 Å². The Morgan fingerprint density at radius 2 is 2.06 bits per heavy atom. The molecule has 0 radical (unpaired) electrons. The van der Waals surface area contributed by atoms with E-state index in [-0.39, 0.29) is 18.4 Å². The van der Waals surface area contributed by atoms with E-state index in [0.717, 1.165) is 17.9 Å². The van der Waals surface area contributed by atoms with Gasteiger partial charge >= 0.3 is 5.97 Å². The van der Waals surface area contributed by atoms with E-state index in [1.165, 1.54) is 12.8 Å². The molecule has 0 aromatic heterocycles. The fourth-order valence-electron chi connectivity index (χ4n) is 1.80. The number of hydrogen-bond acceptors (Lipinski definition) is 3. The highest BCUT2D eigenvalue weighted by Crippen LogP contribution is 2.32. The molecule has 0 bridgehead atoms. The lowest BCUT2D eigenvalue weighted by atomic mass is 10.1. The lowest BCUT2D eigenvalue weighted by Gasteiger charge is -2.11. The molecule has 0 heterocycles. The lowest BCUT2D eigenvalue weighted by Crippen LogP contribution is -2.17. The third-order valence-corrected chi connectivity index (χ3v) is 3.10. The smallest absolute Gasteiger partial charge is 0.307 e. The molecule has 1 aliphatic carbocycles. The highest BCUT2D eigenvalue weighted by molar-refractivity contribution is 5.70. The van der Waals surface area contributed by atoms with E-state index < -0.39 is 0 Å². The SMILES string of the molecule is NC(CC(=O)OCCC1CC1)c1ccccc1. The molecule has 0 saturated heterocycles. The van der Waals surface area contributed by atoms with Crippen molar-refractivity contribution < 1.29 is 9.53 Å². The summed E-state index contributed by atoms with van der Waals surface area (Å²) in [6.07, 6.45) is 3.85. The molecule has 0 amide bonds. The van der Waals surface area contributed by atoms with Gasteiger partial charge in [0.25, 0.3) is 0 Å². The summed E-state index contributed by atoms with van der Waals surface area (Å²) in [5, 5.41) is 0. The molecule has 1 aromatic carbocycles. The fourth-order valence-corrected chi connectivity index (χ4v) is 1.80. The van der Waals surface area contributed by atoms with Crippen molar-refractivity contribution in [3.63, 3.8) is 0 Å². The van der Waals surface area contributed by atoms with Gasteiger partial charge in [0.15, 0.2) is 0 Å². The van der Waals surface area contributed by atoms with E-state index >= 15 is 0 Å². The number of carbonyl (C=O) groups is 1. The number of nitrogens with two attached hydrogens (primary N) is 1. The number of esters is 1. The topological polar surface area (TPSA) is 52.3 Å². The maximum Gasteiger partial charge on any atom is 0.307 e. The molecule has 92 valence electrons. The number of carbonyl (C=O) groups excluding carboxylic acids is 1. The predicted molar refractivity (Wildman–Crippen MR) is 66.3 cm³/mol. The largest absolute Gasteiger partial charge is 0.466 e. The van der Waals surface area contributed by atoms with Crippen LogP contribution in [0.3, 0.4) is 0 Å². The van der Waals surface area contributed by atoms with Gasteiger partial charge in [0.05, 0.1) is 13.0 Å². The minimum Gasteiger partial charge on any atom is -0.466 e. The summed E-state index contributed by atoms with van der Waals surface area (Å²) in [7, 11) is 0. The number of rotatable bonds is 6. The molecule has 0 spiro atoms. The molecule has 17 heavy (non-hydrogen) atoms. The van der Waals surface area contributed by atoms with Crippen LogP contribution in [-0.4, -0.2) is 12.6 Å². The van der Waals surface area contributed by atoms with Crippen LogP contribution in [0.25, 0.3) is 0 Å². The first-order valence-corrected chi connectivity index (χ1v) is 6.22. The highest BCUT2D eigenvalue weighted by Gasteiger charge is 2.21. The van der Waals surface area contributed by atoms with Crippen molar-refractivity contribution in [2.75, 3.05) is 6.61 Å². The molecule has 1 aliphatic rings. The number of hydrogen-bond donors (Lipinski definition) is 1. The molecular weight excluding hydrogens is 214 g/mol. The Balaban J connectivity index is 1.69. The van der Waals surface area contributed by atoms with Crippen molar-refractivity contribution in [3.05, 3.63) is 35.9 Å². The summed E-state index contributed by atoms with van der Waals surface area (Å²) >= 11 is 0. The van der Waals surface area contributed by atoms with Gasteiger partial charge in [-0.1, -0.05) is 43.2 Å². The van der Waals surface area contributed by atoms with Crippen molar-refractivity contribution in [1.29, 1.82) is 0 Å². The van der Waals surface area contributed by atoms with Gasteiger partial charge in [-0.3, -0.25) is 4.79 Å². The van der Waals surface area contributed by atoms with Crippen LogP contribution < -0.4 is 5.73 Å². The van der Waals surface area contributed by atoms with E-state index in [0.29, 0.717) is 6.61 Å². The van der Waals surface area contributed by atoms with E-state index in [1.807, 2.05) is 30.3 Å². The normalized spacial score (nSPS) is 16.5. The Hall–Kier alpha value is -1.35. The monoisotopic (exact) mass is 233 g/mol. The van der Waals surface area contributed by atoms with Gasteiger partial charge in [-0.05, 0) is 17.9 Å². The van der Waals surface area contributed by atoms with E-state index in [9.17, 15) is 4.79 Å². The Kier molecular flexibility index (Phi) is 4.15. The molecule has 1 aromatic rings. The average molecular weight is 233 g/mol. The summed E-state index contributed by atoms with van der Waals surface area (Å²) < 4.78 is 5.17. The zero-order valence-electron chi connectivity index (χ0n) is 9.97. The minimum absolute atomic E-state index is 0.193. The van der Waals surface area contributed by atoms with Crippen molar-refractivity contribution in [2.24, 2.45) is 11.7 Å². The zero-order valence-corrected chi connectivity index (χ0v) is 9.97. The molecule has 2 rings (SSSR count). The second kappa shape index (κ2) is 5.82. The molecule has 1 atom stereocenters. The fraction of sp³-hybridized carbons (Fsp3) is 0.500. The van der Waals surface area contributed by atoms with Crippen molar-refractivity contribution in [2.45, 2.75) is 31.7 Å². The maximum atomic E-state index is 11.5. The predicted octanol–water partition coefficient (Wildman–Crippen LogP) is 2.42. The van der Waals surface area contributed by atoms with Crippen LogP contribution in [-0.2, 0) is 9.53 Å². The van der Waals surface area contributed by atoms with Gasteiger partial charge in [0, 0.05) is 6.04 Å². The van der Waals surface area contributed by atoms with Gasteiger partial charge < -0.3 is 10.5 Å².